The number of ether oxygens (including phenoxy) is 3. The molecule has 2 aromatic carbocycles. The van der Waals surface area contributed by atoms with Crippen molar-refractivity contribution in [2.75, 3.05) is 13.2 Å². The smallest absolute Gasteiger partial charge is 0.197 e. The van der Waals surface area contributed by atoms with Gasteiger partial charge in [-0.2, -0.15) is 0 Å². The normalized spacial score (nSPS) is 13.9. The summed E-state index contributed by atoms with van der Waals surface area (Å²) in [5.74, 6) is 2.88. The zero-order valence-corrected chi connectivity index (χ0v) is 19.2. The summed E-state index contributed by atoms with van der Waals surface area (Å²) in [6, 6.07) is 16.3. The van der Waals surface area contributed by atoms with Crippen LogP contribution >= 0.6 is 0 Å². The van der Waals surface area contributed by atoms with Crippen LogP contribution in [0.15, 0.2) is 48.5 Å². The van der Waals surface area contributed by atoms with E-state index in [9.17, 15) is 0 Å². The molecule has 0 aliphatic heterocycles. The van der Waals surface area contributed by atoms with Crippen LogP contribution in [0.25, 0.3) is 0 Å². The van der Waals surface area contributed by atoms with Crippen molar-refractivity contribution in [1.29, 1.82) is 0 Å². The molecule has 0 radical (unpaired) electrons. The molecule has 0 amide bonds. The van der Waals surface area contributed by atoms with Crippen molar-refractivity contribution >= 4 is 0 Å². The second-order valence-corrected chi connectivity index (χ2v) is 9.36. The third-order valence-corrected chi connectivity index (χ3v) is 5.00. The van der Waals surface area contributed by atoms with Gasteiger partial charge in [0, 0.05) is 0 Å². The van der Waals surface area contributed by atoms with E-state index in [2.05, 4.69) is 59.7 Å². The van der Waals surface area contributed by atoms with Crippen molar-refractivity contribution in [2.45, 2.75) is 67.1 Å². The van der Waals surface area contributed by atoms with E-state index in [1.54, 1.807) is 0 Å². The summed E-state index contributed by atoms with van der Waals surface area (Å²) in [5, 5.41) is 0. The van der Waals surface area contributed by atoms with Crippen LogP contribution in [-0.4, -0.2) is 19.5 Å². The average molecular weight is 399 g/mol. The van der Waals surface area contributed by atoms with Crippen molar-refractivity contribution < 1.29 is 14.2 Å². The highest BCUT2D eigenvalue weighted by Gasteiger charge is 2.23. The highest BCUT2D eigenvalue weighted by molar-refractivity contribution is 5.38. The molecule has 2 unspecified atom stereocenters. The first-order chi connectivity index (χ1) is 13.7. The van der Waals surface area contributed by atoms with Crippen molar-refractivity contribution in [1.82, 2.24) is 0 Å². The molecule has 0 saturated carbocycles. The summed E-state index contributed by atoms with van der Waals surface area (Å²) in [6.45, 7) is 16.6. The maximum Gasteiger partial charge on any atom is 0.197 e. The van der Waals surface area contributed by atoms with Gasteiger partial charge in [-0.1, -0.05) is 65.0 Å². The van der Waals surface area contributed by atoms with Gasteiger partial charge in [-0.15, -0.1) is 0 Å². The van der Waals surface area contributed by atoms with Crippen LogP contribution in [0.5, 0.6) is 11.5 Å². The lowest BCUT2D eigenvalue weighted by atomic mass is 9.76. The SMILES string of the molecule is Cc1cc(C(CC(C)(C)C)C(C)C)ccc1OC(C)OCCOc1ccccc1. The Morgan fingerprint density at radius 3 is 2.17 bits per heavy atom. The average Bonchev–Trinajstić information content (AvgIpc) is 2.65. The fourth-order valence-electron chi connectivity index (χ4n) is 3.54. The first kappa shape index (κ1) is 23.3. The number of hydrogen-bond donors (Lipinski definition) is 0. The molecule has 0 fully saturated rings. The minimum atomic E-state index is -0.325. The Morgan fingerprint density at radius 2 is 1.59 bits per heavy atom. The first-order valence-corrected chi connectivity index (χ1v) is 10.7. The highest BCUT2D eigenvalue weighted by Crippen LogP contribution is 2.37. The minimum Gasteiger partial charge on any atom is -0.491 e. The molecule has 2 rings (SSSR count). The summed E-state index contributed by atoms with van der Waals surface area (Å²) in [5.41, 5.74) is 2.85. The van der Waals surface area contributed by atoms with Gasteiger partial charge in [-0.3, -0.25) is 0 Å². The lowest BCUT2D eigenvalue weighted by molar-refractivity contribution is -0.0742. The molecule has 0 N–H and O–H groups in total. The molecule has 3 heteroatoms. The summed E-state index contributed by atoms with van der Waals surface area (Å²) < 4.78 is 17.4. The molecule has 0 heterocycles. The lowest BCUT2D eigenvalue weighted by Crippen LogP contribution is -2.20. The van der Waals surface area contributed by atoms with Crippen LogP contribution in [0.1, 0.15) is 65.0 Å². The number of rotatable bonds is 10. The minimum absolute atomic E-state index is 0.308. The molecular weight excluding hydrogens is 360 g/mol. The fraction of sp³-hybridized carbons (Fsp3) is 0.538. The van der Waals surface area contributed by atoms with Crippen LogP contribution in [0.4, 0.5) is 0 Å². The van der Waals surface area contributed by atoms with Gasteiger partial charge in [0.05, 0.1) is 6.61 Å². The fourth-order valence-corrected chi connectivity index (χ4v) is 3.54. The predicted molar refractivity (Wildman–Crippen MR) is 121 cm³/mol. The number of benzene rings is 2. The standard InChI is InChI=1S/C26H38O3/c1-19(2)24(18-26(5,6)7)22-13-14-25(20(3)17-22)29-21(4)27-15-16-28-23-11-9-8-10-12-23/h8-14,17,19,21,24H,15-16,18H2,1-7H3. The van der Waals surface area contributed by atoms with Gasteiger partial charge >= 0.3 is 0 Å². The topological polar surface area (TPSA) is 27.7 Å². The van der Waals surface area contributed by atoms with Gasteiger partial charge in [-0.05, 0) is 66.8 Å². The molecule has 2 atom stereocenters. The van der Waals surface area contributed by atoms with Crippen LogP contribution in [0.2, 0.25) is 0 Å². The monoisotopic (exact) mass is 398 g/mol. The van der Waals surface area contributed by atoms with Gasteiger partial charge < -0.3 is 14.2 Å². The molecule has 0 aliphatic carbocycles. The van der Waals surface area contributed by atoms with Gasteiger partial charge in [0.25, 0.3) is 0 Å². The summed E-state index contributed by atoms with van der Waals surface area (Å²) in [4.78, 5) is 0. The van der Waals surface area contributed by atoms with E-state index in [0.717, 1.165) is 17.1 Å². The number of hydrogen-bond acceptors (Lipinski definition) is 3. The Bertz CT molecular complexity index is 731. The largest absolute Gasteiger partial charge is 0.491 e. The van der Waals surface area contributed by atoms with Gasteiger partial charge in [-0.25, -0.2) is 0 Å². The Hall–Kier alpha value is -2.00. The molecule has 0 aliphatic rings. The van der Waals surface area contributed by atoms with E-state index in [1.165, 1.54) is 12.0 Å². The third-order valence-electron chi connectivity index (χ3n) is 5.00. The second-order valence-electron chi connectivity index (χ2n) is 9.36. The molecule has 3 nitrogen and oxygen atoms in total. The van der Waals surface area contributed by atoms with E-state index in [1.807, 2.05) is 37.3 Å². The molecule has 0 aromatic heterocycles. The number of para-hydroxylation sites is 1. The lowest BCUT2D eigenvalue weighted by Gasteiger charge is -2.30. The summed E-state index contributed by atoms with van der Waals surface area (Å²) in [7, 11) is 0. The maximum absolute atomic E-state index is 6.02. The van der Waals surface area contributed by atoms with Crippen molar-refractivity contribution in [3.05, 3.63) is 59.7 Å². The molecule has 2 aromatic rings. The maximum atomic E-state index is 6.02. The van der Waals surface area contributed by atoms with Crippen LogP contribution in [0.3, 0.4) is 0 Å². The van der Waals surface area contributed by atoms with Crippen molar-refractivity contribution in [3.63, 3.8) is 0 Å². The van der Waals surface area contributed by atoms with Crippen molar-refractivity contribution in [2.24, 2.45) is 11.3 Å². The Kier molecular flexibility index (Phi) is 8.58. The third kappa shape index (κ3) is 8.10. The highest BCUT2D eigenvalue weighted by atomic mass is 16.7. The number of aryl methyl sites for hydroxylation is 1. The van der Waals surface area contributed by atoms with Gasteiger partial charge in [0.1, 0.15) is 18.1 Å². The zero-order chi connectivity index (χ0) is 21.4. The zero-order valence-electron chi connectivity index (χ0n) is 19.2. The van der Waals surface area contributed by atoms with Gasteiger partial charge in [0.2, 0.25) is 0 Å². The molecule has 0 bridgehead atoms. The first-order valence-electron chi connectivity index (χ1n) is 10.7. The van der Waals surface area contributed by atoms with E-state index in [0.29, 0.717) is 30.5 Å². The molecule has 0 spiro atoms. The van der Waals surface area contributed by atoms with Crippen LogP contribution in [-0.2, 0) is 4.74 Å². The van der Waals surface area contributed by atoms with Gasteiger partial charge in [0.15, 0.2) is 6.29 Å². The van der Waals surface area contributed by atoms with E-state index >= 15 is 0 Å². The van der Waals surface area contributed by atoms with Crippen LogP contribution in [0, 0.1) is 18.3 Å². The quantitative estimate of drug-likeness (QED) is 0.319. The Morgan fingerprint density at radius 1 is 0.897 bits per heavy atom. The Balaban J connectivity index is 1.88. The predicted octanol–water partition coefficient (Wildman–Crippen LogP) is 6.99. The van der Waals surface area contributed by atoms with Crippen molar-refractivity contribution in [3.8, 4) is 11.5 Å². The molecule has 29 heavy (non-hydrogen) atoms. The summed E-state index contributed by atoms with van der Waals surface area (Å²) >= 11 is 0. The second kappa shape index (κ2) is 10.7. The molecule has 160 valence electrons. The molecular formula is C26H38O3. The van der Waals surface area contributed by atoms with E-state index in [4.69, 9.17) is 14.2 Å². The molecule has 0 saturated heterocycles. The Labute approximate surface area is 177 Å². The van der Waals surface area contributed by atoms with E-state index in [-0.39, 0.29) is 6.29 Å². The van der Waals surface area contributed by atoms with Crippen LogP contribution < -0.4 is 9.47 Å². The summed E-state index contributed by atoms with van der Waals surface area (Å²) in [6.07, 6.45) is 0.847. The van der Waals surface area contributed by atoms with E-state index < -0.39 is 0 Å².